The van der Waals surface area contributed by atoms with Gasteiger partial charge in [-0.15, -0.1) is 0 Å². The van der Waals surface area contributed by atoms with Crippen LogP contribution in [0.25, 0.3) is 0 Å². The summed E-state index contributed by atoms with van der Waals surface area (Å²) >= 11 is 0. The van der Waals surface area contributed by atoms with E-state index in [9.17, 15) is 0 Å². The molecule has 0 spiro atoms. The average molecular weight is 291 g/mol. The highest BCUT2D eigenvalue weighted by Crippen LogP contribution is 2.38. The summed E-state index contributed by atoms with van der Waals surface area (Å²) in [5.74, 6) is 2.56. The third-order valence-electron chi connectivity index (χ3n) is 4.57. The van der Waals surface area contributed by atoms with Gasteiger partial charge in [0.05, 0.1) is 14.2 Å². The van der Waals surface area contributed by atoms with E-state index in [1.54, 1.807) is 14.2 Å². The number of nitrogens with one attached hydrogen (secondary N) is 1. The van der Waals surface area contributed by atoms with E-state index in [-0.39, 0.29) is 0 Å². The Balaban J connectivity index is 2.31. The summed E-state index contributed by atoms with van der Waals surface area (Å²) in [6, 6.07) is 6.49. The van der Waals surface area contributed by atoms with E-state index in [0.717, 1.165) is 18.0 Å². The molecule has 2 rings (SSSR count). The summed E-state index contributed by atoms with van der Waals surface area (Å²) < 4.78 is 11.0. The van der Waals surface area contributed by atoms with Crippen LogP contribution in [0.1, 0.15) is 57.1 Å². The maximum absolute atomic E-state index is 5.60. The predicted octanol–water partition coefficient (Wildman–Crippen LogP) is 4.32. The molecular weight excluding hydrogens is 262 g/mol. The van der Waals surface area contributed by atoms with Gasteiger partial charge in [0.15, 0.2) is 0 Å². The van der Waals surface area contributed by atoms with E-state index in [1.807, 2.05) is 12.1 Å². The van der Waals surface area contributed by atoms with Crippen molar-refractivity contribution in [3.63, 3.8) is 0 Å². The fourth-order valence-electron chi connectivity index (χ4n) is 3.48. The molecule has 0 radical (unpaired) electrons. The Kier molecular flexibility index (Phi) is 6.37. The number of methoxy groups -OCH3 is 2. The van der Waals surface area contributed by atoms with Crippen molar-refractivity contribution in [3.8, 4) is 11.5 Å². The number of benzene rings is 1. The maximum atomic E-state index is 5.60. The second-order valence-corrected chi connectivity index (χ2v) is 5.89. The smallest absolute Gasteiger partial charge is 0.123 e. The number of rotatable bonds is 6. The van der Waals surface area contributed by atoms with E-state index < -0.39 is 0 Å². The fourth-order valence-corrected chi connectivity index (χ4v) is 3.48. The zero-order chi connectivity index (χ0) is 15.1. The summed E-state index contributed by atoms with van der Waals surface area (Å²) in [7, 11) is 3.47. The number of hydrogen-bond donors (Lipinski definition) is 1. The first-order valence-corrected chi connectivity index (χ1v) is 8.25. The van der Waals surface area contributed by atoms with Crippen LogP contribution in [0.15, 0.2) is 18.2 Å². The third kappa shape index (κ3) is 4.13. The molecule has 1 aromatic rings. The van der Waals surface area contributed by atoms with Gasteiger partial charge in [0.25, 0.3) is 0 Å². The van der Waals surface area contributed by atoms with E-state index in [0.29, 0.717) is 12.0 Å². The Bertz CT molecular complexity index is 425. The molecule has 0 amide bonds. The van der Waals surface area contributed by atoms with Gasteiger partial charge in [0.2, 0.25) is 0 Å². The largest absolute Gasteiger partial charge is 0.497 e. The minimum absolute atomic E-state index is 0.359. The molecule has 1 fully saturated rings. The maximum Gasteiger partial charge on any atom is 0.123 e. The molecule has 1 unspecified atom stereocenters. The predicted molar refractivity (Wildman–Crippen MR) is 87.2 cm³/mol. The second-order valence-electron chi connectivity index (χ2n) is 5.89. The molecule has 1 aliphatic rings. The van der Waals surface area contributed by atoms with Crippen LogP contribution in [0.5, 0.6) is 11.5 Å². The zero-order valence-corrected chi connectivity index (χ0v) is 13.7. The number of hydrogen-bond acceptors (Lipinski definition) is 3. The monoisotopic (exact) mass is 291 g/mol. The summed E-state index contributed by atoms with van der Waals surface area (Å²) in [5.41, 5.74) is 1.24. The Morgan fingerprint density at radius 3 is 2.38 bits per heavy atom. The van der Waals surface area contributed by atoms with Crippen LogP contribution in [0.4, 0.5) is 0 Å². The van der Waals surface area contributed by atoms with Crippen molar-refractivity contribution in [3.05, 3.63) is 23.8 Å². The Hall–Kier alpha value is -1.22. The van der Waals surface area contributed by atoms with Crippen molar-refractivity contribution < 1.29 is 9.47 Å². The molecule has 1 saturated carbocycles. The third-order valence-corrected chi connectivity index (χ3v) is 4.57. The van der Waals surface area contributed by atoms with Gasteiger partial charge in [-0.2, -0.15) is 0 Å². The summed E-state index contributed by atoms with van der Waals surface area (Å²) in [6.45, 7) is 3.15. The highest BCUT2D eigenvalue weighted by Gasteiger charge is 2.26. The summed E-state index contributed by atoms with van der Waals surface area (Å²) in [5, 5.41) is 3.69. The van der Waals surface area contributed by atoms with Gasteiger partial charge in [0.1, 0.15) is 11.5 Å². The number of ether oxygens (including phenoxy) is 2. The summed E-state index contributed by atoms with van der Waals surface area (Å²) in [6.07, 6.45) is 8.06. The first-order chi connectivity index (χ1) is 10.3. The van der Waals surface area contributed by atoms with Crippen LogP contribution in [-0.4, -0.2) is 20.8 Å². The Morgan fingerprint density at radius 2 is 1.81 bits per heavy atom. The van der Waals surface area contributed by atoms with Crippen LogP contribution >= 0.6 is 0 Å². The Labute approximate surface area is 129 Å². The van der Waals surface area contributed by atoms with Crippen LogP contribution < -0.4 is 14.8 Å². The zero-order valence-electron chi connectivity index (χ0n) is 13.7. The van der Waals surface area contributed by atoms with Gasteiger partial charge < -0.3 is 14.8 Å². The van der Waals surface area contributed by atoms with Gasteiger partial charge in [-0.05, 0) is 43.5 Å². The Morgan fingerprint density at radius 1 is 1.10 bits per heavy atom. The van der Waals surface area contributed by atoms with Crippen molar-refractivity contribution in [2.24, 2.45) is 5.92 Å². The molecule has 0 saturated heterocycles. The van der Waals surface area contributed by atoms with Crippen LogP contribution in [0.3, 0.4) is 0 Å². The SMILES string of the molecule is CCNC(c1cc(OC)ccc1OC)C1CCCCCC1. The van der Waals surface area contributed by atoms with Crippen molar-refractivity contribution in [2.75, 3.05) is 20.8 Å². The lowest BCUT2D eigenvalue weighted by Gasteiger charge is -2.29. The van der Waals surface area contributed by atoms with Crippen LogP contribution in [0.2, 0.25) is 0 Å². The minimum Gasteiger partial charge on any atom is -0.497 e. The van der Waals surface area contributed by atoms with Gasteiger partial charge in [-0.1, -0.05) is 32.6 Å². The normalized spacial score (nSPS) is 18.0. The van der Waals surface area contributed by atoms with E-state index >= 15 is 0 Å². The van der Waals surface area contributed by atoms with Crippen molar-refractivity contribution in [2.45, 2.75) is 51.5 Å². The summed E-state index contributed by atoms with van der Waals surface area (Å²) in [4.78, 5) is 0. The van der Waals surface area contributed by atoms with E-state index in [4.69, 9.17) is 9.47 Å². The first-order valence-electron chi connectivity index (χ1n) is 8.25. The molecule has 1 atom stereocenters. The fraction of sp³-hybridized carbons (Fsp3) is 0.667. The highest BCUT2D eigenvalue weighted by atomic mass is 16.5. The minimum atomic E-state index is 0.359. The van der Waals surface area contributed by atoms with Crippen LogP contribution in [0, 0.1) is 5.92 Å². The molecule has 1 aliphatic carbocycles. The average Bonchev–Trinajstić information content (AvgIpc) is 2.81. The molecule has 21 heavy (non-hydrogen) atoms. The van der Waals surface area contributed by atoms with E-state index in [2.05, 4.69) is 18.3 Å². The van der Waals surface area contributed by atoms with Gasteiger partial charge >= 0.3 is 0 Å². The van der Waals surface area contributed by atoms with Gasteiger partial charge in [-0.25, -0.2) is 0 Å². The molecule has 0 aromatic heterocycles. The molecule has 118 valence electrons. The van der Waals surface area contributed by atoms with Crippen molar-refractivity contribution in [1.82, 2.24) is 5.32 Å². The molecule has 1 aromatic carbocycles. The van der Waals surface area contributed by atoms with Crippen LogP contribution in [-0.2, 0) is 0 Å². The molecule has 3 nitrogen and oxygen atoms in total. The quantitative estimate of drug-likeness (QED) is 0.792. The standard InChI is InChI=1S/C18H29NO2/c1-4-19-18(14-9-7-5-6-8-10-14)16-13-15(20-2)11-12-17(16)21-3/h11-14,18-19H,4-10H2,1-3H3. The highest BCUT2D eigenvalue weighted by molar-refractivity contribution is 5.42. The topological polar surface area (TPSA) is 30.5 Å². The van der Waals surface area contributed by atoms with E-state index in [1.165, 1.54) is 44.1 Å². The molecule has 3 heteroatoms. The first kappa shape index (κ1) is 16.2. The second kappa shape index (κ2) is 8.28. The van der Waals surface area contributed by atoms with Crippen molar-refractivity contribution in [1.29, 1.82) is 0 Å². The van der Waals surface area contributed by atoms with Crippen molar-refractivity contribution >= 4 is 0 Å². The molecule has 0 aliphatic heterocycles. The molecule has 0 bridgehead atoms. The lowest BCUT2D eigenvalue weighted by atomic mass is 9.86. The lowest BCUT2D eigenvalue weighted by molar-refractivity contribution is 0.315. The molecular formula is C18H29NO2. The molecule has 1 N–H and O–H groups in total. The van der Waals surface area contributed by atoms with Gasteiger partial charge in [-0.3, -0.25) is 0 Å². The lowest BCUT2D eigenvalue weighted by Crippen LogP contribution is -2.28. The van der Waals surface area contributed by atoms with Gasteiger partial charge in [0, 0.05) is 11.6 Å². The molecule has 0 heterocycles.